The summed E-state index contributed by atoms with van der Waals surface area (Å²) in [5, 5.41) is 14.4. The van der Waals surface area contributed by atoms with Crippen molar-refractivity contribution in [2.75, 3.05) is 18.5 Å². The molecule has 0 aliphatic heterocycles. The number of carbonyl (C=O) groups excluding carboxylic acids is 1. The van der Waals surface area contributed by atoms with Crippen LogP contribution in [0.4, 0.5) is 10.5 Å². The number of rotatable bonds is 6. The Bertz CT molecular complexity index is 515. The fourth-order valence-corrected chi connectivity index (χ4v) is 1.65. The third-order valence-corrected chi connectivity index (χ3v) is 2.52. The van der Waals surface area contributed by atoms with Gasteiger partial charge in [0, 0.05) is 18.3 Å². The van der Waals surface area contributed by atoms with Crippen molar-refractivity contribution in [3.63, 3.8) is 0 Å². The number of carbonyl (C=O) groups is 1. The molecule has 0 fully saturated rings. The van der Waals surface area contributed by atoms with E-state index in [9.17, 15) is 4.79 Å². The Hall–Kier alpha value is -2.42. The summed E-state index contributed by atoms with van der Waals surface area (Å²) in [7, 11) is 0. The Labute approximate surface area is 131 Å². The Kier molecular flexibility index (Phi) is 6.51. The molecule has 1 aromatic carbocycles. The first-order chi connectivity index (χ1) is 10.3. The first-order valence-electron chi connectivity index (χ1n) is 7.13. The van der Waals surface area contributed by atoms with Gasteiger partial charge in [-0.1, -0.05) is 0 Å². The molecular formula is C16H23N3O3. The number of hydrogen-bond acceptors (Lipinski definition) is 5. The molecule has 1 rings (SSSR count). The zero-order chi connectivity index (χ0) is 16.6. The molecule has 2 N–H and O–H groups in total. The van der Waals surface area contributed by atoms with Gasteiger partial charge in [0.15, 0.2) is 6.61 Å². The molecule has 22 heavy (non-hydrogen) atoms. The molecule has 120 valence electrons. The average Bonchev–Trinajstić information content (AvgIpc) is 2.43. The molecule has 0 saturated carbocycles. The molecule has 0 bridgehead atoms. The van der Waals surface area contributed by atoms with Gasteiger partial charge in [0.1, 0.15) is 17.4 Å². The minimum atomic E-state index is -0.500. The lowest BCUT2D eigenvalue weighted by Crippen LogP contribution is -2.38. The van der Waals surface area contributed by atoms with Crippen LogP contribution in [0.1, 0.15) is 27.7 Å². The molecule has 0 aliphatic rings. The van der Waals surface area contributed by atoms with E-state index in [4.69, 9.17) is 14.7 Å². The minimum absolute atomic E-state index is 0.0307. The van der Waals surface area contributed by atoms with Crippen LogP contribution in [0.25, 0.3) is 0 Å². The highest BCUT2D eigenvalue weighted by atomic mass is 16.6. The Morgan fingerprint density at radius 3 is 2.50 bits per heavy atom. The second-order valence-corrected chi connectivity index (χ2v) is 5.90. The summed E-state index contributed by atoms with van der Waals surface area (Å²) in [6, 6.07) is 9.24. The average molecular weight is 305 g/mol. The second-order valence-electron chi connectivity index (χ2n) is 5.90. The number of ether oxygens (including phenoxy) is 2. The molecule has 6 heteroatoms. The molecule has 0 aliphatic carbocycles. The predicted molar refractivity (Wildman–Crippen MR) is 84.9 cm³/mol. The Balaban J connectivity index is 2.37. The molecule has 0 radical (unpaired) electrons. The van der Waals surface area contributed by atoms with Gasteiger partial charge in [-0.15, -0.1) is 0 Å². The number of nitriles is 1. The Morgan fingerprint density at radius 2 is 1.95 bits per heavy atom. The predicted octanol–water partition coefficient (Wildman–Crippen LogP) is 2.91. The highest BCUT2D eigenvalue weighted by Gasteiger charge is 2.16. The number of anilines is 1. The molecular weight excluding hydrogens is 282 g/mol. The number of alkyl carbamates (subject to hydrolysis) is 1. The van der Waals surface area contributed by atoms with Gasteiger partial charge in [0.05, 0.1) is 0 Å². The van der Waals surface area contributed by atoms with E-state index in [0.717, 1.165) is 5.69 Å². The van der Waals surface area contributed by atoms with Gasteiger partial charge in [0.25, 0.3) is 0 Å². The molecule has 0 spiro atoms. The highest BCUT2D eigenvalue weighted by molar-refractivity contribution is 5.67. The number of benzene rings is 1. The lowest BCUT2D eigenvalue weighted by molar-refractivity contribution is 0.0526. The maximum Gasteiger partial charge on any atom is 0.407 e. The summed E-state index contributed by atoms with van der Waals surface area (Å²) in [5.41, 5.74) is 0.405. The molecule has 0 heterocycles. The summed E-state index contributed by atoms with van der Waals surface area (Å²) in [6.07, 6.45) is -0.429. The fraction of sp³-hybridized carbons (Fsp3) is 0.500. The molecule has 0 aromatic heterocycles. The summed E-state index contributed by atoms with van der Waals surface area (Å²) >= 11 is 0. The molecule has 1 unspecified atom stereocenters. The number of nitrogens with zero attached hydrogens (tertiary/aromatic N) is 1. The van der Waals surface area contributed by atoms with Gasteiger partial charge in [0.2, 0.25) is 0 Å². The smallest absolute Gasteiger partial charge is 0.407 e. The maximum absolute atomic E-state index is 11.6. The number of nitrogens with one attached hydrogen (secondary N) is 2. The zero-order valence-electron chi connectivity index (χ0n) is 13.5. The first-order valence-corrected chi connectivity index (χ1v) is 7.13. The van der Waals surface area contributed by atoms with Gasteiger partial charge in [-0.05, 0) is 52.0 Å². The van der Waals surface area contributed by atoms with Gasteiger partial charge in [-0.25, -0.2) is 4.79 Å². The van der Waals surface area contributed by atoms with Crippen LogP contribution in [0.5, 0.6) is 5.75 Å². The third kappa shape index (κ3) is 7.39. The van der Waals surface area contributed by atoms with E-state index in [2.05, 4.69) is 10.6 Å². The van der Waals surface area contributed by atoms with Gasteiger partial charge in [-0.2, -0.15) is 5.26 Å². The summed E-state index contributed by atoms with van der Waals surface area (Å²) in [6.45, 7) is 7.90. The van der Waals surface area contributed by atoms with Crippen LogP contribution in [-0.2, 0) is 4.74 Å². The van der Waals surface area contributed by atoms with Crippen molar-refractivity contribution in [1.29, 1.82) is 5.26 Å². The van der Waals surface area contributed by atoms with Crippen molar-refractivity contribution in [3.8, 4) is 11.8 Å². The second kappa shape index (κ2) is 8.13. The van der Waals surface area contributed by atoms with Gasteiger partial charge in [-0.3, -0.25) is 0 Å². The molecule has 0 saturated heterocycles. The van der Waals surface area contributed by atoms with Crippen molar-refractivity contribution < 1.29 is 14.3 Å². The zero-order valence-corrected chi connectivity index (χ0v) is 13.5. The molecule has 1 atom stereocenters. The van der Waals surface area contributed by atoms with Crippen molar-refractivity contribution in [1.82, 2.24) is 5.32 Å². The van der Waals surface area contributed by atoms with Crippen LogP contribution < -0.4 is 15.4 Å². The van der Waals surface area contributed by atoms with E-state index in [1.54, 1.807) is 12.1 Å². The standard InChI is InChI=1S/C16H23N3O3/c1-12(11-18-15(20)22-16(2,3)4)19-13-5-7-14(8-6-13)21-10-9-17/h5-8,12,19H,10-11H2,1-4H3,(H,18,20). The van der Waals surface area contributed by atoms with E-state index in [1.165, 1.54) is 0 Å². The quantitative estimate of drug-likeness (QED) is 0.844. The third-order valence-electron chi connectivity index (χ3n) is 2.52. The lowest BCUT2D eigenvalue weighted by Gasteiger charge is -2.21. The van der Waals surface area contributed by atoms with Crippen LogP contribution in [0.2, 0.25) is 0 Å². The van der Waals surface area contributed by atoms with Crippen molar-refractivity contribution in [3.05, 3.63) is 24.3 Å². The topological polar surface area (TPSA) is 83.4 Å². The summed E-state index contributed by atoms with van der Waals surface area (Å²) in [5.74, 6) is 0.645. The van der Waals surface area contributed by atoms with Crippen molar-refractivity contribution >= 4 is 11.8 Å². The van der Waals surface area contributed by atoms with Crippen LogP contribution >= 0.6 is 0 Å². The van der Waals surface area contributed by atoms with E-state index >= 15 is 0 Å². The van der Waals surface area contributed by atoms with Gasteiger partial charge >= 0.3 is 6.09 Å². The number of amides is 1. The normalized spacial score (nSPS) is 12.0. The van der Waals surface area contributed by atoms with E-state index < -0.39 is 11.7 Å². The maximum atomic E-state index is 11.6. The van der Waals surface area contributed by atoms with Crippen LogP contribution in [0.15, 0.2) is 24.3 Å². The summed E-state index contributed by atoms with van der Waals surface area (Å²) in [4.78, 5) is 11.6. The number of hydrogen-bond donors (Lipinski definition) is 2. The molecule has 1 aromatic rings. The van der Waals surface area contributed by atoms with Crippen LogP contribution in [-0.4, -0.2) is 30.9 Å². The lowest BCUT2D eigenvalue weighted by atomic mass is 10.2. The Morgan fingerprint density at radius 1 is 1.32 bits per heavy atom. The van der Waals surface area contributed by atoms with Crippen molar-refractivity contribution in [2.24, 2.45) is 0 Å². The summed E-state index contributed by atoms with van der Waals surface area (Å²) < 4.78 is 10.3. The van der Waals surface area contributed by atoms with E-state index in [-0.39, 0.29) is 12.6 Å². The SMILES string of the molecule is CC(CNC(=O)OC(C)(C)C)Nc1ccc(OCC#N)cc1. The largest absolute Gasteiger partial charge is 0.479 e. The fourth-order valence-electron chi connectivity index (χ4n) is 1.65. The van der Waals surface area contributed by atoms with Crippen molar-refractivity contribution in [2.45, 2.75) is 39.3 Å². The van der Waals surface area contributed by atoms with Crippen LogP contribution in [0, 0.1) is 11.3 Å². The monoisotopic (exact) mass is 305 g/mol. The van der Waals surface area contributed by atoms with Gasteiger partial charge < -0.3 is 20.1 Å². The van der Waals surface area contributed by atoms with E-state index in [1.807, 2.05) is 45.9 Å². The van der Waals surface area contributed by atoms with Crippen LogP contribution in [0.3, 0.4) is 0 Å². The van der Waals surface area contributed by atoms with E-state index in [0.29, 0.717) is 12.3 Å². The molecule has 6 nitrogen and oxygen atoms in total. The first kappa shape index (κ1) is 17.6. The highest BCUT2D eigenvalue weighted by Crippen LogP contribution is 2.16. The minimum Gasteiger partial charge on any atom is -0.479 e. The molecule has 1 amide bonds.